The number of ketones is 1. The third-order valence-corrected chi connectivity index (χ3v) is 2.29. The minimum absolute atomic E-state index is 0.177. The molecule has 0 aliphatic carbocycles. The van der Waals surface area contributed by atoms with Gasteiger partial charge in [-0.25, -0.2) is 13.2 Å². The van der Waals surface area contributed by atoms with Crippen LogP contribution in [0.3, 0.4) is 0 Å². The number of rotatable bonds is 3. The fourth-order valence-corrected chi connectivity index (χ4v) is 1.33. The number of carbonyl (C=O) groups excluding carboxylic acids is 1. The first-order valence-electron chi connectivity index (χ1n) is 4.19. The van der Waals surface area contributed by atoms with Gasteiger partial charge in [0.25, 0.3) is 6.43 Å². The van der Waals surface area contributed by atoms with Crippen molar-refractivity contribution in [1.29, 1.82) is 0 Å². The van der Waals surface area contributed by atoms with Crippen molar-refractivity contribution in [2.45, 2.75) is 18.2 Å². The molecule has 15 heavy (non-hydrogen) atoms. The fourth-order valence-electron chi connectivity index (χ4n) is 1.08. The fraction of sp³-hybridized carbons (Fsp3) is 0.300. The van der Waals surface area contributed by atoms with Gasteiger partial charge in [-0.1, -0.05) is 22.0 Å². The molecule has 0 amide bonds. The molecule has 0 aliphatic rings. The van der Waals surface area contributed by atoms with Gasteiger partial charge in [-0.2, -0.15) is 0 Å². The third-order valence-electron chi connectivity index (χ3n) is 1.87. The molecule has 0 saturated carbocycles. The van der Waals surface area contributed by atoms with Crippen molar-refractivity contribution in [2.75, 3.05) is 0 Å². The molecule has 0 aromatic heterocycles. The van der Waals surface area contributed by atoms with Crippen LogP contribution in [0.1, 0.15) is 29.3 Å². The third kappa shape index (κ3) is 2.81. The average molecular weight is 281 g/mol. The van der Waals surface area contributed by atoms with Crippen LogP contribution >= 0.6 is 15.9 Å². The van der Waals surface area contributed by atoms with Crippen molar-refractivity contribution in [3.8, 4) is 0 Å². The van der Waals surface area contributed by atoms with Gasteiger partial charge in [0.05, 0.1) is 10.4 Å². The Bertz CT molecular complexity index is 377. The summed E-state index contributed by atoms with van der Waals surface area (Å²) in [6.07, 6.45) is -2.73. The Kier molecular flexibility index (Phi) is 3.90. The van der Waals surface area contributed by atoms with Gasteiger partial charge >= 0.3 is 0 Å². The van der Waals surface area contributed by atoms with E-state index in [1.54, 1.807) is 6.92 Å². The highest BCUT2D eigenvalue weighted by atomic mass is 79.9. The number of carbonyl (C=O) groups is 1. The lowest BCUT2D eigenvalue weighted by atomic mass is 10.1. The zero-order chi connectivity index (χ0) is 11.6. The van der Waals surface area contributed by atoms with Gasteiger partial charge in [0.1, 0.15) is 5.82 Å². The summed E-state index contributed by atoms with van der Waals surface area (Å²) in [6.45, 7) is 1.54. The van der Waals surface area contributed by atoms with Gasteiger partial charge in [-0.3, -0.25) is 4.79 Å². The predicted molar refractivity (Wildman–Crippen MR) is 54.1 cm³/mol. The van der Waals surface area contributed by atoms with E-state index in [1.807, 2.05) is 0 Å². The Hall–Kier alpha value is -0.840. The molecule has 0 aliphatic heterocycles. The van der Waals surface area contributed by atoms with Crippen LogP contribution in [0.25, 0.3) is 0 Å². The number of hydrogen-bond acceptors (Lipinski definition) is 1. The predicted octanol–water partition coefficient (Wildman–Crippen LogP) is 3.73. The van der Waals surface area contributed by atoms with Crippen LogP contribution in [-0.4, -0.2) is 10.6 Å². The Balaban J connectivity index is 3.08. The maximum atomic E-state index is 13.2. The number of benzene rings is 1. The minimum Gasteiger partial charge on any atom is -0.293 e. The number of alkyl halides is 3. The zero-order valence-electron chi connectivity index (χ0n) is 7.81. The summed E-state index contributed by atoms with van der Waals surface area (Å²) in [6, 6.07) is 2.82. The molecule has 0 heterocycles. The number of Topliss-reactive ketones (excluding diaryl/α,β-unsaturated/α-hetero) is 1. The first kappa shape index (κ1) is 12.2. The Morgan fingerprint density at radius 2 is 2.00 bits per heavy atom. The Morgan fingerprint density at radius 3 is 2.40 bits per heavy atom. The SMILES string of the molecule is CC(Br)C(=O)c1ccc(C(F)F)cc1F. The normalized spacial score (nSPS) is 12.9. The van der Waals surface area contributed by atoms with Crippen LogP contribution < -0.4 is 0 Å². The second-order valence-electron chi connectivity index (χ2n) is 3.02. The van der Waals surface area contributed by atoms with E-state index in [0.29, 0.717) is 6.07 Å². The molecule has 82 valence electrons. The molecule has 5 heteroatoms. The van der Waals surface area contributed by atoms with Gasteiger partial charge in [-0.15, -0.1) is 0 Å². The van der Waals surface area contributed by atoms with E-state index in [0.717, 1.165) is 12.1 Å². The van der Waals surface area contributed by atoms with E-state index in [4.69, 9.17) is 0 Å². The minimum atomic E-state index is -2.73. The van der Waals surface area contributed by atoms with Gasteiger partial charge in [-0.05, 0) is 19.1 Å². The molecule has 0 N–H and O–H groups in total. The maximum Gasteiger partial charge on any atom is 0.263 e. The first-order chi connectivity index (χ1) is 6.93. The highest BCUT2D eigenvalue weighted by Gasteiger charge is 2.18. The molecule has 1 aromatic rings. The monoisotopic (exact) mass is 280 g/mol. The summed E-state index contributed by atoms with van der Waals surface area (Å²) in [5.74, 6) is -1.38. The maximum absolute atomic E-state index is 13.2. The number of halogens is 4. The van der Waals surface area contributed by atoms with Gasteiger partial charge < -0.3 is 0 Å². The second kappa shape index (κ2) is 4.79. The molecule has 0 spiro atoms. The molecule has 1 atom stereocenters. The summed E-state index contributed by atoms with van der Waals surface area (Å²) in [4.78, 5) is 10.8. The van der Waals surface area contributed by atoms with Gasteiger partial charge in [0, 0.05) is 5.56 Å². The van der Waals surface area contributed by atoms with Crippen LogP contribution in [0.15, 0.2) is 18.2 Å². The topological polar surface area (TPSA) is 17.1 Å². The lowest BCUT2D eigenvalue weighted by Crippen LogP contribution is -2.12. The van der Waals surface area contributed by atoms with Crippen LogP contribution in [0, 0.1) is 5.82 Å². The van der Waals surface area contributed by atoms with Crippen LogP contribution in [0.5, 0.6) is 0 Å². The van der Waals surface area contributed by atoms with Gasteiger partial charge in [0.2, 0.25) is 0 Å². The molecule has 0 radical (unpaired) electrons. The molecule has 1 rings (SSSR count). The van der Waals surface area contributed by atoms with Crippen LogP contribution in [0.2, 0.25) is 0 Å². The van der Waals surface area contributed by atoms with E-state index >= 15 is 0 Å². The molecule has 0 bridgehead atoms. The van der Waals surface area contributed by atoms with Crippen molar-refractivity contribution >= 4 is 21.7 Å². The molecule has 1 aromatic carbocycles. The second-order valence-corrected chi connectivity index (χ2v) is 4.39. The Labute approximate surface area is 93.4 Å². The number of hydrogen-bond donors (Lipinski definition) is 0. The Morgan fingerprint density at radius 1 is 1.40 bits per heavy atom. The van der Waals surface area contributed by atoms with Crippen LogP contribution in [0.4, 0.5) is 13.2 Å². The quantitative estimate of drug-likeness (QED) is 0.609. The van der Waals surface area contributed by atoms with E-state index < -0.39 is 28.4 Å². The van der Waals surface area contributed by atoms with Crippen molar-refractivity contribution in [2.24, 2.45) is 0 Å². The summed E-state index contributed by atoms with van der Waals surface area (Å²) in [7, 11) is 0. The summed E-state index contributed by atoms with van der Waals surface area (Å²) in [5, 5.41) is 0. The summed E-state index contributed by atoms with van der Waals surface area (Å²) in [5.41, 5.74) is -0.602. The molecular weight excluding hydrogens is 273 g/mol. The first-order valence-corrected chi connectivity index (χ1v) is 5.11. The molecular formula is C10H8BrF3O. The van der Waals surface area contributed by atoms with Crippen molar-refractivity contribution < 1.29 is 18.0 Å². The molecule has 1 unspecified atom stereocenters. The summed E-state index contributed by atoms with van der Waals surface area (Å²) >= 11 is 2.99. The standard InChI is InChI=1S/C10H8BrF3O/c1-5(11)9(15)7-3-2-6(10(13)14)4-8(7)12/h2-5,10H,1H3. The lowest BCUT2D eigenvalue weighted by molar-refractivity contribution is 0.0991. The average Bonchev–Trinajstić information content (AvgIpc) is 2.16. The van der Waals surface area contributed by atoms with Crippen molar-refractivity contribution in [1.82, 2.24) is 0 Å². The van der Waals surface area contributed by atoms with Gasteiger partial charge in [0.15, 0.2) is 5.78 Å². The smallest absolute Gasteiger partial charge is 0.263 e. The molecule has 1 nitrogen and oxygen atoms in total. The highest BCUT2D eigenvalue weighted by molar-refractivity contribution is 9.10. The van der Waals surface area contributed by atoms with Crippen molar-refractivity contribution in [3.63, 3.8) is 0 Å². The molecule has 0 saturated heterocycles. The zero-order valence-corrected chi connectivity index (χ0v) is 9.39. The van der Waals surface area contributed by atoms with E-state index in [-0.39, 0.29) is 5.56 Å². The van der Waals surface area contributed by atoms with E-state index in [9.17, 15) is 18.0 Å². The largest absolute Gasteiger partial charge is 0.293 e. The summed E-state index contributed by atoms with van der Waals surface area (Å²) < 4.78 is 37.6. The highest BCUT2D eigenvalue weighted by Crippen LogP contribution is 2.22. The van der Waals surface area contributed by atoms with E-state index in [1.165, 1.54) is 0 Å². The molecule has 0 fully saturated rings. The van der Waals surface area contributed by atoms with E-state index in [2.05, 4.69) is 15.9 Å². The lowest BCUT2D eigenvalue weighted by Gasteiger charge is -2.06. The van der Waals surface area contributed by atoms with Crippen molar-refractivity contribution in [3.05, 3.63) is 35.1 Å². The van der Waals surface area contributed by atoms with Crippen LogP contribution in [-0.2, 0) is 0 Å².